The molecule has 0 saturated carbocycles. The van der Waals surface area contributed by atoms with E-state index in [9.17, 15) is 9.59 Å². The Labute approximate surface area is 80.8 Å². The molecule has 1 aliphatic heterocycles. The van der Waals surface area contributed by atoms with Gasteiger partial charge >= 0.3 is 12.1 Å². The van der Waals surface area contributed by atoms with Gasteiger partial charge in [-0.1, -0.05) is 0 Å². The van der Waals surface area contributed by atoms with E-state index in [-0.39, 0.29) is 11.8 Å². The molecular formula is C6H12N2O4S. The predicted octanol–water partition coefficient (Wildman–Crippen LogP) is -0.946. The number of carboxylic acids is 1. The van der Waals surface area contributed by atoms with E-state index in [0.29, 0.717) is 13.2 Å². The van der Waals surface area contributed by atoms with Gasteiger partial charge in [0.2, 0.25) is 0 Å². The SMILES string of the molecule is N[C@@H](CS)C(=O)O.O=C1NCCO1. The van der Waals surface area contributed by atoms with Gasteiger partial charge in [-0.25, -0.2) is 4.79 Å². The first-order valence-corrected chi connectivity index (χ1v) is 4.21. The van der Waals surface area contributed by atoms with Crippen LogP contribution in [0.4, 0.5) is 4.79 Å². The number of hydrogen-bond donors (Lipinski definition) is 4. The minimum Gasteiger partial charge on any atom is -0.480 e. The van der Waals surface area contributed by atoms with Crippen LogP contribution in [-0.2, 0) is 9.53 Å². The lowest BCUT2D eigenvalue weighted by molar-refractivity contribution is -0.137. The van der Waals surface area contributed by atoms with Crippen LogP contribution in [0.25, 0.3) is 0 Å². The zero-order valence-corrected chi connectivity index (χ0v) is 7.79. The highest BCUT2D eigenvalue weighted by molar-refractivity contribution is 7.80. The Bertz CT molecular complexity index is 179. The van der Waals surface area contributed by atoms with Crippen LogP contribution in [0.15, 0.2) is 0 Å². The summed E-state index contributed by atoms with van der Waals surface area (Å²) < 4.78 is 4.40. The van der Waals surface area contributed by atoms with E-state index < -0.39 is 12.0 Å². The summed E-state index contributed by atoms with van der Waals surface area (Å²) in [4.78, 5) is 19.7. The van der Waals surface area contributed by atoms with Crippen LogP contribution in [0.5, 0.6) is 0 Å². The molecule has 0 aromatic heterocycles. The summed E-state index contributed by atoms with van der Waals surface area (Å²) in [6, 6.07) is -0.816. The third kappa shape index (κ3) is 6.23. The van der Waals surface area contributed by atoms with E-state index in [2.05, 4.69) is 22.7 Å². The van der Waals surface area contributed by atoms with Gasteiger partial charge in [-0.05, 0) is 0 Å². The highest BCUT2D eigenvalue weighted by atomic mass is 32.1. The smallest absolute Gasteiger partial charge is 0.407 e. The van der Waals surface area contributed by atoms with Gasteiger partial charge in [0.1, 0.15) is 12.6 Å². The van der Waals surface area contributed by atoms with E-state index >= 15 is 0 Å². The number of alkyl carbamates (subject to hydrolysis) is 1. The van der Waals surface area contributed by atoms with Crippen molar-refractivity contribution in [2.24, 2.45) is 5.73 Å². The first kappa shape index (κ1) is 12.0. The third-order valence-electron chi connectivity index (χ3n) is 1.12. The molecule has 4 N–H and O–H groups in total. The molecular weight excluding hydrogens is 196 g/mol. The lowest BCUT2D eigenvalue weighted by Crippen LogP contribution is -2.31. The van der Waals surface area contributed by atoms with Crippen molar-refractivity contribution in [3.63, 3.8) is 0 Å². The normalized spacial score (nSPS) is 16.3. The van der Waals surface area contributed by atoms with Crippen molar-refractivity contribution >= 4 is 24.7 Å². The molecule has 76 valence electrons. The molecule has 1 amide bonds. The van der Waals surface area contributed by atoms with Crippen LogP contribution in [0, 0.1) is 0 Å². The maximum Gasteiger partial charge on any atom is 0.407 e. The number of ether oxygens (including phenoxy) is 1. The molecule has 1 aliphatic rings. The number of carboxylic acid groups (broad SMARTS) is 1. The second-order valence-electron chi connectivity index (χ2n) is 2.19. The summed E-state index contributed by atoms with van der Waals surface area (Å²) in [5.41, 5.74) is 4.94. The zero-order valence-electron chi connectivity index (χ0n) is 6.90. The van der Waals surface area contributed by atoms with Crippen LogP contribution in [-0.4, -0.2) is 42.1 Å². The summed E-state index contributed by atoms with van der Waals surface area (Å²) in [5.74, 6) is -0.815. The molecule has 1 fully saturated rings. The molecule has 1 heterocycles. The molecule has 6 nitrogen and oxygen atoms in total. The Balaban J connectivity index is 0.000000223. The number of amides is 1. The van der Waals surface area contributed by atoms with Gasteiger partial charge in [-0.15, -0.1) is 0 Å². The monoisotopic (exact) mass is 208 g/mol. The van der Waals surface area contributed by atoms with Crippen LogP contribution in [0.1, 0.15) is 0 Å². The van der Waals surface area contributed by atoms with Gasteiger partial charge in [0, 0.05) is 5.75 Å². The molecule has 1 atom stereocenters. The average molecular weight is 208 g/mol. The maximum absolute atomic E-state index is 9.91. The number of thiol groups is 1. The fraction of sp³-hybridized carbons (Fsp3) is 0.667. The minimum absolute atomic E-state index is 0.190. The van der Waals surface area contributed by atoms with Crippen LogP contribution in [0.2, 0.25) is 0 Å². The molecule has 0 aliphatic carbocycles. The quantitative estimate of drug-likeness (QED) is 0.438. The van der Waals surface area contributed by atoms with Crippen LogP contribution < -0.4 is 11.1 Å². The van der Waals surface area contributed by atoms with E-state index in [1.807, 2.05) is 0 Å². The van der Waals surface area contributed by atoms with Gasteiger partial charge in [-0.2, -0.15) is 12.6 Å². The number of nitrogens with one attached hydrogen (secondary N) is 1. The van der Waals surface area contributed by atoms with E-state index in [1.165, 1.54) is 0 Å². The van der Waals surface area contributed by atoms with Crippen molar-refractivity contribution in [1.29, 1.82) is 0 Å². The second kappa shape index (κ2) is 6.55. The van der Waals surface area contributed by atoms with Crippen molar-refractivity contribution in [2.75, 3.05) is 18.9 Å². The largest absolute Gasteiger partial charge is 0.480 e. The number of hydrogen-bond acceptors (Lipinski definition) is 5. The standard InChI is InChI=1S/C3H7NO2S.C3H5NO2/c4-2(1-7)3(5)6;5-3-4-1-2-6-3/h2,7H,1,4H2,(H,5,6);1-2H2,(H,4,5)/t2-;/m0./s1. The molecule has 0 spiro atoms. The van der Waals surface area contributed by atoms with Gasteiger partial charge < -0.3 is 20.9 Å². The van der Waals surface area contributed by atoms with Gasteiger partial charge in [0.15, 0.2) is 0 Å². The first-order chi connectivity index (χ1) is 6.07. The highest BCUT2D eigenvalue weighted by Crippen LogP contribution is 1.82. The number of carbonyl (C=O) groups excluding carboxylic acids is 1. The highest BCUT2D eigenvalue weighted by Gasteiger charge is 2.06. The summed E-state index contributed by atoms with van der Waals surface area (Å²) in [5, 5.41) is 10.5. The summed E-state index contributed by atoms with van der Waals surface area (Å²) in [6.45, 7) is 1.19. The molecule has 0 bridgehead atoms. The van der Waals surface area contributed by atoms with Crippen LogP contribution in [0.3, 0.4) is 0 Å². The van der Waals surface area contributed by atoms with Crippen molar-refractivity contribution in [3.8, 4) is 0 Å². The van der Waals surface area contributed by atoms with Gasteiger partial charge in [-0.3, -0.25) is 4.79 Å². The molecule has 1 saturated heterocycles. The van der Waals surface area contributed by atoms with Gasteiger partial charge in [0.25, 0.3) is 0 Å². The third-order valence-corrected chi connectivity index (χ3v) is 1.51. The van der Waals surface area contributed by atoms with Crippen molar-refractivity contribution in [1.82, 2.24) is 5.32 Å². The number of carbonyl (C=O) groups is 2. The van der Waals surface area contributed by atoms with Crippen molar-refractivity contribution in [3.05, 3.63) is 0 Å². The molecule has 0 radical (unpaired) electrons. The van der Waals surface area contributed by atoms with Crippen LogP contribution >= 0.6 is 12.6 Å². The Hall–Kier alpha value is -0.950. The van der Waals surface area contributed by atoms with Crippen molar-refractivity contribution < 1.29 is 19.4 Å². The van der Waals surface area contributed by atoms with Crippen molar-refractivity contribution in [2.45, 2.75) is 6.04 Å². The minimum atomic E-state index is -1.00. The molecule has 1 rings (SSSR count). The first-order valence-electron chi connectivity index (χ1n) is 3.57. The number of cyclic esters (lactones) is 1. The molecule has 13 heavy (non-hydrogen) atoms. The fourth-order valence-electron chi connectivity index (χ4n) is 0.426. The summed E-state index contributed by atoms with van der Waals surface area (Å²) in [6.07, 6.45) is -0.296. The molecule has 0 aromatic rings. The number of aliphatic carboxylic acids is 1. The Morgan fingerprint density at radius 2 is 2.46 bits per heavy atom. The predicted molar refractivity (Wildman–Crippen MR) is 48.8 cm³/mol. The fourth-order valence-corrected chi connectivity index (χ4v) is 0.582. The van der Waals surface area contributed by atoms with Gasteiger partial charge in [0.05, 0.1) is 6.54 Å². The summed E-state index contributed by atoms with van der Waals surface area (Å²) in [7, 11) is 0. The molecule has 0 unspecified atom stereocenters. The van der Waals surface area contributed by atoms with E-state index in [1.54, 1.807) is 0 Å². The second-order valence-corrected chi connectivity index (χ2v) is 2.56. The Morgan fingerprint density at radius 3 is 2.54 bits per heavy atom. The lowest BCUT2D eigenvalue weighted by Gasteiger charge is -1.96. The average Bonchev–Trinajstić information content (AvgIpc) is 2.55. The zero-order chi connectivity index (χ0) is 10.3. The number of nitrogens with two attached hydrogens (primary N) is 1. The lowest BCUT2D eigenvalue weighted by atomic mass is 10.4. The number of rotatable bonds is 2. The topological polar surface area (TPSA) is 102 Å². The Morgan fingerprint density at radius 1 is 1.85 bits per heavy atom. The maximum atomic E-state index is 9.91. The molecule has 7 heteroatoms. The molecule has 0 aromatic carbocycles. The van der Waals surface area contributed by atoms with E-state index in [0.717, 1.165) is 0 Å². The Kier molecular flexibility index (Phi) is 6.07. The summed E-state index contributed by atoms with van der Waals surface area (Å²) >= 11 is 3.65. The van der Waals surface area contributed by atoms with E-state index in [4.69, 9.17) is 10.8 Å².